The Hall–Kier alpha value is -2.48. The number of nitrogens with one attached hydrogen (secondary N) is 1. The fourth-order valence-electron chi connectivity index (χ4n) is 2.43. The van der Waals surface area contributed by atoms with E-state index in [2.05, 4.69) is 17.2 Å². The molecule has 1 aromatic rings. The van der Waals surface area contributed by atoms with E-state index in [9.17, 15) is 9.59 Å². The van der Waals surface area contributed by atoms with Crippen LogP contribution in [0.15, 0.2) is 24.3 Å². The molecule has 1 aliphatic rings. The predicted molar refractivity (Wildman–Crippen MR) is 89.1 cm³/mol. The summed E-state index contributed by atoms with van der Waals surface area (Å²) in [6, 6.07) is 7.41. The maximum Gasteiger partial charge on any atom is 0.414 e. The van der Waals surface area contributed by atoms with Crippen molar-refractivity contribution in [3.63, 3.8) is 0 Å². The first-order valence-corrected chi connectivity index (χ1v) is 7.96. The van der Waals surface area contributed by atoms with Gasteiger partial charge in [-0.15, -0.1) is 0 Å². The summed E-state index contributed by atoms with van der Waals surface area (Å²) in [6.07, 6.45) is 1.37. The molecule has 5 nitrogen and oxygen atoms in total. The van der Waals surface area contributed by atoms with Crippen LogP contribution in [-0.4, -0.2) is 31.7 Å². The molecular weight excluding hydrogens is 292 g/mol. The summed E-state index contributed by atoms with van der Waals surface area (Å²) in [5, 5.41) is 2.83. The number of carbonyl (C=O) groups excluding carboxylic acids is 2. The first-order chi connectivity index (χ1) is 11.2. The lowest BCUT2D eigenvalue weighted by atomic mass is 10.0. The van der Waals surface area contributed by atoms with Crippen LogP contribution in [0.1, 0.15) is 32.3 Å². The number of hydrogen-bond acceptors (Lipinski definition) is 3. The van der Waals surface area contributed by atoms with Gasteiger partial charge < -0.3 is 10.1 Å². The molecule has 1 heterocycles. The molecule has 2 amide bonds. The lowest BCUT2D eigenvalue weighted by Crippen LogP contribution is -2.30. The van der Waals surface area contributed by atoms with Crippen molar-refractivity contribution < 1.29 is 14.3 Å². The normalized spacial score (nSPS) is 13.5. The van der Waals surface area contributed by atoms with Gasteiger partial charge in [-0.1, -0.05) is 25.7 Å². The van der Waals surface area contributed by atoms with E-state index in [1.165, 1.54) is 0 Å². The zero-order valence-corrected chi connectivity index (χ0v) is 13.6. The number of amides is 2. The molecular formula is C18H22N2O3. The Balaban J connectivity index is 1.87. The van der Waals surface area contributed by atoms with Crippen LogP contribution in [0.4, 0.5) is 10.5 Å². The number of carbonyl (C=O) groups is 2. The monoisotopic (exact) mass is 314 g/mol. The van der Waals surface area contributed by atoms with E-state index in [0.717, 1.165) is 24.1 Å². The Labute approximate surface area is 137 Å². The molecule has 0 aliphatic carbocycles. The Kier molecular flexibility index (Phi) is 6.04. The first-order valence-electron chi connectivity index (χ1n) is 7.96. The van der Waals surface area contributed by atoms with Gasteiger partial charge in [-0.05, 0) is 37.1 Å². The van der Waals surface area contributed by atoms with Crippen molar-refractivity contribution in [1.29, 1.82) is 0 Å². The zero-order chi connectivity index (χ0) is 16.7. The van der Waals surface area contributed by atoms with Crippen molar-refractivity contribution in [2.75, 3.05) is 24.6 Å². The third-order valence-electron chi connectivity index (χ3n) is 3.88. The summed E-state index contributed by atoms with van der Waals surface area (Å²) in [5.74, 6) is 6.08. The number of hydrogen-bond donors (Lipinski definition) is 1. The smallest absolute Gasteiger partial charge is 0.414 e. The van der Waals surface area contributed by atoms with E-state index in [0.29, 0.717) is 19.7 Å². The Morgan fingerprint density at radius 2 is 2.00 bits per heavy atom. The van der Waals surface area contributed by atoms with Gasteiger partial charge in [0.25, 0.3) is 0 Å². The highest BCUT2D eigenvalue weighted by atomic mass is 16.6. The van der Waals surface area contributed by atoms with E-state index >= 15 is 0 Å². The molecule has 0 saturated carbocycles. The van der Waals surface area contributed by atoms with Gasteiger partial charge in [0.2, 0.25) is 5.91 Å². The summed E-state index contributed by atoms with van der Waals surface area (Å²) in [6.45, 7) is 5.37. The topological polar surface area (TPSA) is 58.6 Å². The molecule has 0 aromatic heterocycles. The first kappa shape index (κ1) is 16.9. The minimum atomic E-state index is -0.312. The number of rotatable bonds is 5. The Bertz CT molecular complexity index is 609. The molecule has 1 aromatic carbocycles. The van der Waals surface area contributed by atoms with Gasteiger partial charge in [-0.2, -0.15) is 0 Å². The van der Waals surface area contributed by atoms with Crippen molar-refractivity contribution in [3.05, 3.63) is 29.8 Å². The van der Waals surface area contributed by atoms with Crippen LogP contribution in [0, 0.1) is 17.8 Å². The number of cyclic esters (lactones) is 1. The molecule has 1 N–H and O–H groups in total. The molecule has 0 radical (unpaired) electrons. The lowest BCUT2D eigenvalue weighted by molar-refractivity contribution is -0.124. The van der Waals surface area contributed by atoms with E-state index in [1.54, 1.807) is 4.90 Å². The van der Waals surface area contributed by atoms with E-state index in [4.69, 9.17) is 4.74 Å². The van der Waals surface area contributed by atoms with Crippen LogP contribution in [0.2, 0.25) is 0 Å². The average Bonchev–Trinajstić information content (AvgIpc) is 2.99. The SMILES string of the molecule is CCC(CC)C(=O)NCC#Cc1ccc(N2CCOC2=O)cc1. The van der Waals surface area contributed by atoms with E-state index in [1.807, 2.05) is 38.1 Å². The van der Waals surface area contributed by atoms with Gasteiger partial charge in [-0.25, -0.2) is 4.79 Å². The van der Waals surface area contributed by atoms with Crippen molar-refractivity contribution in [3.8, 4) is 11.8 Å². The third-order valence-corrected chi connectivity index (χ3v) is 3.88. The lowest BCUT2D eigenvalue weighted by Gasteiger charge is -2.12. The third kappa shape index (κ3) is 4.49. The Morgan fingerprint density at radius 1 is 1.30 bits per heavy atom. The highest BCUT2D eigenvalue weighted by Gasteiger charge is 2.23. The van der Waals surface area contributed by atoms with E-state index < -0.39 is 0 Å². The zero-order valence-electron chi connectivity index (χ0n) is 13.6. The quantitative estimate of drug-likeness (QED) is 0.850. The highest BCUT2D eigenvalue weighted by molar-refractivity contribution is 5.89. The fourth-order valence-corrected chi connectivity index (χ4v) is 2.43. The average molecular weight is 314 g/mol. The molecule has 2 rings (SSSR count). The second-order valence-corrected chi connectivity index (χ2v) is 5.35. The molecule has 1 aliphatic heterocycles. The number of nitrogens with zero attached hydrogens (tertiary/aromatic N) is 1. The largest absolute Gasteiger partial charge is 0.447 e. The molecule has 5 heteroatoms. The molecule has 0 unspecified atom stereocenters. The molecule has 23 heavy (non-hydrogen) atoms. The van der Waals surface area contributed by atoms with Crippen molar-refractivity contribution in [2.24, 2.45) is 5.92 Å². The second kappa shape index (κ2) is 8.23. The summed E-state index contributed by atoms with van der Waals surface area (Å²) in [4.78, 5) is 24.9. The number of ether oxygens (including phenoxy) is 1. The van der Waals surface area contributed by atoms with Gasteiger partial charge in [0.1, 0.15) is 6.61 Å². The minimum absolute atomic E-state index is 0.0622. The summed E-state index contributed by atoms with van der Waals surface area (Å²) < 4.78 is 4.91. The van der Waals surface area contributed by atoms with Crippen molar-refractivity contribution in [2.45, 2.75) is 26.7 Å². The van der Waals surface area contributed by atoms with Crippen LogP contribution in [0.3, 0.4) is 0 Å². The molecule has 0 atom stereocenters. The minimum Gasteiger partial charge on any atom is -0.447 e. The van der Waals surface area contributed by atoms with Crippen molar-refractivity contribution >= 4 is 17.7 Å². The van der Waals surface area contributed by atoms with Crippen LogP contribution in [0.5, 0.6) is 0 Å². The van der Waals surface area contributed by atoms with Gasteiger partial charge in [0.15, 0.2) is 0 Å². The van der Waals surface area contributed by atoms with E-state index in [-0.39, 0.29) is 17.9 Å². The Morgan fingerprint density at radius 3 is 2.57 bits per heavy atom. The summed E-state index contributed by atoms with van der Waals surface area (Å²) in [5.41, 5.74) is 1.65. The van der Waals surface area contributed by atoms with Gasteiger partial charge in [0, 0.05) is 17.2 Å². The van der Waals surface area contributed by atoms with Gasteiger partial charge in [-0.3, -0.25) is 9.69 Å². The summed E-state index contributed by atoms with van der Waals surface area (Å²) >= 11 is 0. The van der Waals surface area contributed by atoms with Crippen molar-refractivity contribution in [1.82, 2.24) is 5.32 Å². The maximum atomic E-state index is 11.8. The molecule has 0 spiro atoms. The molecule has 1 fully saturated rings. The predicted octanol–water partition coefficient (Wildman–Crippen LogP) is 2.55. The molecule has 0 bridgehead atoms. The van der Waals surface area contributed by atoms with Gasteiger partial charge in [0.05, 0.1) is 13.1 Å². The highest BCUT2D eigenvalue weighted by Crippen LogP contribution is 2.18. The second-order valence-electron chi connectivity index (χ2n) is 5.35. The fraction of sp³-hybridized carbons (Fsp3) is 0.444. The van der Waals surface area contributed by atoms with Gasteiger partial charge >= 0.3 is 6.09 Å². The van der Waals surface area contributed by atoms with Crippen LogP contribution in [-0.2, 0) is 9.53 Å². The standard InChI is InChI=1S/C18H22N2O3/c1-3-15(4-2)17(21)19-11-5-6-14-7-9-16(10-8-14)20-12-13-23-18(20)22/h7-10,15H,3-4,11-13H2,1-2H3,(H,19,21). The number of anilines is 1. The number of benzene rings is 1. The molecule has 1 saturated heterocycles. The van der Waals surface area contributed by atoms with Crippen LogP contribution in [0.25, 0.3) is 0 Å². The van der Waals surface area contributed by atoms with Crippen LogP contribution >= 0.6 is 0 Å². The van der Waals surface area contributed by atoms with Crippen LogP contribution < -0.4 is 10.2 Å². The summed E-state index contributed by atoms with van der Waals surface area (Å²) in [7, 11) is 0. The maximum absolute atomic E-state index is 11.8. The molecule has 122 valence electrons.